The summed E-state index contributed by atoms with van der Waals surface area (Å²) >= 11 is 0. The van der Waals surface area contributed by atoms with Gasteiger partial charge >= 0.3 is 35.8 Å². The van der Waals surface area contributed by atoms with E-state index in [2.05, 4.69) is 5.32 Å². The normalized spacial score (nSPS) is 28.0. The van der Waals surface area contributed by atoms with Gasteiger partial charge in [0.1, 0.15) is 30.0 Å². The van der Waals surface area contributed by atoms with Gasteiger partial charge in [-0.15, -0.1) is 4.73 Å². The number of Topliss-reactive ketones (excluding diaryl/α,β-unsaturated/α-hetero) is 1. The number of carbonyl (C=O) groups is 8. The quantitative estimate of drug-likeness (QED) is 0.0640. The van der Waals surface area contributed by atoms with Crippen molar-refractivity contribution in [2.75, 3.05) is 6.61 Å². The van der Waals surface area contributed by atoms with Gasteiger partial charge in [-0.05, 0) is 54.8 Å². The molecule has 1 amide bonds. The number of carbonyl (C=O) groups excluding carboxylic acids is 8. The second-order valence-corrected chi connectivity index (χ2v) is 20.1. The van der Waals surface area contributed by atoms with E-state index in [-0.39, 0.29) is 40.9 Å². The molecule has 3 aromatic carbocycles. The number of aliphatic hydroxyl groups excluding tert-OH is 1. The van der Waals surface area contributed by atoms with Crippen LogP contribution in [0.3, 0.4) is 0 Å². The number of esters is 5. The average molecular weight is 1050 g/mol. The van der Waals surface area contributed by atoms with Crippen molar-refractivity contribution < 1.29 is 92.0 Å². The minimum Gasteiger partial charge on any atom is -0.492 e. The SMILES string of the molecule is CC(=O)O[C@H]1C(=O)[C@@]2(C)[C@H](C(OC(=O)c3ccccc3)[C@]3(O)C[C@H](OC(=O)C(OC(=O)CCC(=O)On4c(O)ccc4O)C(NC(=O)c4ccccc4)c4ccccc4)C(C)=C1C3(C)C)[C@]1(OC(C)=O)CO[C@@H]1C[C@@H]2O. The van der Waals surface area contributed by atoms with E-state index in [0.29, 0.717) is 4.73 Å². The van der Waals surface area contributed by atoms with Crippen LogP contribution in [0.25, 0.3) is 0 Å². The second-order valence-electron chi connectivity index (χ2n) is 20.1. The minimum absolute atomic E-state index is 0.00487. The highest BCUT2D eigenvalue weighted by Crippen LogP contribution is 2.64. The zero-order valence-electron chi connectivity index (χ0n) is 42.3. The Morgan fingerprint density at radius 3 is 1.92 bits per heavy atom. The lowest BCUT2D eigenvalue weighted by molar-refractivity contribution is -0.346. The van der Waals surface area contributed by atoms with Gasteiger partial charge in [0, 0.05) is 49.8 Å². The Morgan fingerprint density at radius 2 is 1.36 bits per heavy atom. The number of fused-ring (bicyclic) bond motifs is 5. The first-order valence-corrected chi connectivity index (χ1v) is 24.5. The Bertz CT molecular complexity index is 2940. The molecule has 2 saturated carbocycles. The fraction of sp³-hybridized carbons (Fsp3) is 0.418. The Morgan fingerprint density at radius 1 is 0.776 bits per heavy atom. The van der Waals surface area contributed by atoms with Crippen LogP contribution in [0.4, 0.5) is 0 Å². The molecule has 2 heterocycles. The van der Waals surface area contributed by atoms with Crippen LogP contribution in [-0.2, 0) is 57.2 Å². The summed E-state index contributed by atoms with van der Waals surface area (Å²) in [7, 11) is 0. The summed E-state index contributed by atoms with van der Waals surface area (Å²) in [4.78, 5) is 118. The maximum Gasteiger partial charge on any atom is 0.350 e. The molecule has 1 aliphatic heterocycles. The highest BCUT2D eigenvalue weighted by atomic mass is 16.7. The summed E-state index contributed by atoms with van der Waals surface area (Å²) < 4.78 is 37.0. The molecule has 1 aromatic heterocycles. The fourth-order valence-electron chi connectivity index (χ4n) is 11.3. The number of amides is 1. The number of aliphatic hydroxyl groups is 2. The number of aromatic hydroxyl groups is 2. The first kappa shape index (κ1) is 54.4. The summed E-state index contributed by atoms with van der Waals surface area (Å²) in [5, 5.41) is 48.9. The number of hydrogen-bond acceptors (Lipinski definition) is 19. The number of nitrogens with zero attached hydrogens (tertiary/aromatic N) is 1. The van der Waals surface area contributed by atoms with E-state index in [1.54, 1.807) is 54.6 Å². The van der Waals surface area contributed by atoms with Crippen LogP contribution >= 0.6 is 0 Å². The van der Waals surface area contributed by atoms with Crippen LogP contribution in [0.1, 0.15) is 99.5 Å². The predicted octanol–water partition coefficient (Wildman–Crippen LogP) is 3.93. The predicted molar refractivity (Wildman–Crippen MR) is 260 cm³/mol. The van der Waals surface area contributed by atoms with E-state index in [0.717, 1.165) is 26.0 Å². The van der Waals surface area contributed by atoms with Gasteiger partial charge in [-0.25, -0.2) is 14.4 Å². The van der Waals surface area contributed by atoms with Gasteiger partial charge < -0.3 is 59.0 Å². The Labute approximate surface area is 435 Å². The summed E-state index contributed by atoms with van der Waals surface area (Å²) in [6.07, 6.45) is -12.9. The van der Waals surface area contributed by atoms with E-state index in [1.165, 1.54) is 64.1 Å². The molecule has 5 N–H and O–H groups in total. The lowest BCUT2D eigenvalue weighted by Crippen LogP contribution is -2.82. The van der Waals surface area contributed by atoms with Crippen LogP contribution in [-0.4, -0.2) is 127 Å². The number of aromatic nitrogens is 1. The van der Waals surface area contributed by atoms with Gasteiger partial charge in [-0.2, -0.15) is 0 Å². The molecule has 2 bridgehead atoms. The number of benzene rings is 3. The lowest BCUT2D eigenvalue weighted by Gasteiger charge is -2.67. The first-order valence-electron chi connectivity index (χ1n) is 24.5. The zero-order chi connectivity index (χ0) is 55.1. The van der Waals surface area contributed by atoms with Crippen molar-refractivity contribution in [1.29, 1.82) is 0 Å². The molecular formula is C55H58N2O19. The van der Waals surface area contributed by atoms with Gasteiger partial charge in [-0.1, -0.05) is 80.6 Å². The first-order chi connectivity index (χ1) is 35.9. The molecule has 402 valence electrons. The third-order valence-electron chi connectivity index (χ3n) is 15.2. The molecule has 3 unspecified atom stereocenters. The van der Waals surface area contributed by atoms with Crippen molar-refractivity contribution in [1.82, 2.24) is 10.0 Å². The molecule has 3 fully saturated rings. The van der Waals surface area contributed by atoms with E-state index in [4.69, 9.17) is 33.3 Å². The molecule has 3 aliphatic carbocycles. The Kier molecular flexibility index (Phi) is 15.0. The number of ether oxygens (including phenoxy) is 6. The molecule has 76 heavy (non-hydrogen) atoms. The number of rotatable bonds is 15. The monoisotopic (exact) mass is 1050 g/mol. The highest BCUT2D eigenvalue weighted by molar-refractivity contribution is 5.96. The standard InChI is InChI=1S/C55H58N2O19/c1-29-35(72-51(68)45(73-40(63)24-25-41(64)76-57-38(61)22-23-39(57)62)43(32-16-10-7-11-17-32)56-49(66)33-18-12-8-13-19-33)27-55(69)48(74-50(67)34-20-14-9-15-21-34)46-53(6,36(60)26-37-54(46,28-70-37)75-31(3)59)47(65)44(71-30(2)58)42(29)52(55,4)5/h7-23,35-37,43-46,48,60-62,69H,24-28H2,1-6H3,(H,56,66)/t35-,36-,37+,43?,44+,45?,46-,48?,53+,54-,55+/m0/s1. The van der Waals surface area contributed by atoms with Crippen molar-refractivity contribution in [3.05, 3.63) is 131 Å². The highest BCUT2D eigenvalue weighted by Gasteiger charge is 2.78. The smallest absolute Gasteiger partial charge is 0.350 e. The Balaban J connectivity index is 1.26. The molecule has 0 radical (unpaired) electrons. The van der Waals surface area contributed by atoms with Gasteiger partial charge in [0.15, 0.2) is 17.5 Å². The fourth-order valence-corrected chi connectivity index (χ4v) is 11.3. The van der Waals surface area contributed by atoms with Crippen LogP contribution in [0, 0.1) is 16.7 Å². The molecule has 1 saturated heterocycles. The van der Waals surface area contributed by atoms with E-state index in [9.17, 15) is 49.2 Å². The molecular weight excluding hydrogens is 993 g/mol. The average Bonchev–Trinajstić information content (AvgIpc) is 3.87. The summed E-state index contributed by atoms with van der Waals surface area (Å²) in [5.41, 5.74) is -8.04. The third-order valence-corrected chi connectivity index (χ3v) is 15.2. The number of nitrogens with one attached hydrogen (secondary N) is 1. The van der Waals surface area contributed by atoms with Gasteiger partial charge in [-0.3, -0.25) is 24.0 Å². The van der Waals surface area contributed by atoms with Gasteiger partial charge in [0.25, 0.3) is 5.91 Å². The van der Waals surface area contributed by atoms with Crippen LogP contribution < -0.4 is 10.2 Å². The van der Waals surface area contributed by atoms with Crippen LogP contribution in [0.15, 0.2) is 114 Å². The van der Waals surface area contributed by atoms with Crippen molar-refractivity contribution >= 4 is 47.5 Å². The molecule has 21 nitrogen and oxygen atoms in total. The largest absolute Gasteiger partial charge is 0.492 e. The third kappa shape index (κ3) is 9.80. The van der Waals surface area contributed by atoms with Crippen molar-refractivity contribution in [2.45, 2.75) is 121 Å². The van der Waals surface area contributed by atoms with Crippen molar-refractivity contribution in [3.63, 3.8) is 0 Å². The van der Waals surface area contributed by atoms with Crippen molar-refractivity contribution in [3.8, 4) is 11.8 Å². The maximum absolute atomic E-state index is 15.8. The topological polar surface area (TPSA) is 299 Å². The van der Waals surface area contributed by atoms with Gasteiger partial charge in [0.05, 0.1) is 42.4 Å². The van der Waals surface area contributed by atoms with Crippen LogP contribution in [0.2, 0.25) is 0 Å². The van der Waals surface area contributed by atoms with Crippen molar-refractivity contribution in [2.24, 2.45) is 16.7 Å². The maximum atomic E-state index is 15.8. The molecule has 4 aromatic rings. The van der Waals surface area contributed by atoms with E-state index >= 15 is 9.59 Å². The number of ketones is 1. The summed E-state index contributed by atoms with van der Waals surface area (Å²) in [6.45, 7) is 7.59. The lowest BCUT2D eigenvalue weighted by atomic mass is 9.44. The molecule has 11 atom stereocenters. The number of hydrogen-bond donors (Lipinski definition) is 5. The molecule has 0 spiro atoms. The summed E-state index contributed by atoms with van der Waals surface area (Å²) in [6, 6.07) is 23.9. The van der Waals surface area contributed by atoms with E-state index in [1.807, 2.05) is 0 Å². The Hall–Kier alpha value is -7.88. The summed E-state index contributed by atoms with van der Waals surface area (Å²) in [5.74, 6) is -11.1. The van der Waals surface area contributed by atoms with Crippen LogP contribution in [0.5, 0.6) is 11.8 Å². The second kappa shape index (κ2) is 21.0. The molecule has 21 heteroatoms. The molecule has 4 aliphatic rings. The molecule has 8 rings (SSSR count). The van der Waals surface area contributed by atoms with E-state index < -0.39 is 149 Å². The van der Waals surface area contributed by atoms with Gasteiger partial charge in [0.2, 0.25) is 17.9 Å². The minimum atomic E-state index is -2.54. The zero-order valence-corrected chi connectivity index (χ0v) is 42.3.